The minimum absolute atomic E-state index is 0. The molecule has 0 amide bonds. The van der Waals surface area contributed by atoms with Gasteiger partial charge in [-0.2, -0.15) is 0 Å². The molecule has 4 nitrogen and oxygen atoms in total. The molecule has 0 radical (unpaired) electrons. The molecule has 84 valence electrons. The molecule has 0 aliphatic carbocycles. The van der Waals surface area contributed by atoms with Crippen LogP contribution in [0, 0.1) is 12.3 Å². The highest BCUT2D eigenvalue weighted by Crippen LogP contribution is 2.18. The predicted molar refractivity (Wildman–Crippen MR) is 65.5 cm³/mol. The minimum atomic E-state index is -0.557. The summed E-state index contributed by atoms with van der Waals surface area (Å²) in [4.78, 5) is 11.5. The van der Waals surface area contributed by atoms with Crippen LogP contribution in [-0.2, 0) is 0 Å². The molecule has 0 atom stereocenters. The summed E-state index contributed by atoms with van der Waals surface area (Å²) in [5.41, 5.74) is 6.13. The zero-order valence-corrected chi connectivity index (χ0v) is 9.43. The van der Waals surface area contributed by atoms with E-state index in [2.05, 4.69) is 0 Å². The normalized spacial score (nSPS) is 9.81. The molecule has 2 aromatic rings. The number of hydrogen-bond acceptors (Lipinski definition) is 3. The van der Waals surface area contributed by atoms with Gasteiger partial charge in [0.05, 0.1) is 0 Å². The van der Waals surface area contributed by atoms with Gasteiger partial charge in [-0.25, -0.2) is 4.79 Å². The first kappa shape index (κ1) is 12.3. The van der Waals surface area contributed by atoms with Crippen LogP contribution >= 0.6 is 12.4 Å². The van der Waals surface area contributed by atoms with Crippen LogP contribution in [-0.4, -0.2) is 5.84 Å². The summed E-state index contributed by atoms with van der Waals surface area (Å²) in [6, 6.07) is 7.19. The van der Waals surface area contributed by atoms with Crippen LogP contribution in [0.15, 0.2) is 33.5 Å². The van der Waals surface area contributed by atoms with Crippen molar-refractivity contribution < 1.29 is 4.42 Å². The third-order valence-corrected chi connectivity index (χ3v) is 2.34. The maximum atomic E-state index is 11.5. The van der Waals surface area contributed by atoms with Crippen molar-refractivity contribution >= 4 is 29.2 Å². The van der Waals surface area contributed by atoms with Crippen molar-refractivity contribution in [1.82, 2.24) is 0 Å². The van der Waals surface area contributed by atoms with E-state index in [0.29, 0.717) is 11.1 Å². The molecule has 0 fully saturated rings. The molecule has 0 aliphatic heterocycles. The SMILES string of the molecule is Cc1c(C(=N)N)c(=O)oc2ccccc12.Cl. The molecule has 0 unspecified atom stereocenters. The Morgan fingerprint density at radius 3 is 2.62 bits per heavy atom. The van der Waals surface area contributed by atoms with Gasteiger partial charge in [-0.05, 0) is 18.6 Å². The van der Waals surface area contributed by atoms with Crippen molar-refractivity contribution in [3.8, 4) is 0 Å². The quantitative estimate of drug-likeness (QED) is 0.452. The number of amidine groups is 1. The number of aryl methyl sites for hydroxylation is 1. The average Bonchev–Trinajstić information content (AvgIpc) is 2.17. The summed E-state index contributed by atoms with van der Waals surface area (Å²) in [6.45, 7) is 1.76. The van der Waals surface area contributed by atoms with E-state index in [-0.39, 0.29) is 23.8 Å². The second kappa shape index (κ2) is 4.37. The zero-order chi connectivity index (χ0) is 11.0. The number of nitrogens with two attached hydrogens (primary N) is 1. The van der Waals surface area contributed by atoms with Crippen LogP contribution in [0.3, 0.4) is 0 Å². The number of nitrogen functional groups attached to an aromatic ring is 1. The van der Waals surface area contributed by atoms with Gasteiger partial charge in [0.2, 0.25) is 0 Å². The average molecular weight is 239 g/mol. The molecule has 2 rings (SSSR count). The molecule has 0 bridgehead atoms. The van der Waals surface area contributed by atoms with Crippen LogP contribution in [0.25, 0.3) is 11.0 Å². The van der Waals surface area contributed by atoms with Gasteiger partial charge in [0.25, 0.3) is 0 Å². The maximum Gasteiger partial charge on any atom is 0.347 e. The van der Waals surface area contributed by atoms with Crippen LogP contribution in [0.1, 0.15) is 11.1 Å². The summed E-state index contributed by atoms with van der Waals surface area (Å²) >= 11 is 0. The molecule has 0 aliphatic rings. The summed E-state index contributed by atoms with van der Waals surface area (Å²) in [7, 11) is 0. The Bertz CT molecular complexity index is 604. The molecule has 3 N–H and O–H groups in total. The number of halogens is 1. The molecule has 0 spiro atoms. The fraction of sp³-hybridized carbons (Fsp3) is 0.0909. The third-order valence-electron chi connectivity index (χ3n) is 2.34. The van der Waals surface area contributed by atoms with Crippen molar-refractivity contribution in [2.75, 3.05) is 0 Å². The van der Waals surface area contributed by atoms with E-state index in [1.54, 1.807) is 19.1 Å². The standard InChI is InChI=1S/C11H10N2O2.ClH/c1-6-7-4-2-3-5-8(7)15-11(14)9(6)10(12)13;/h2-5H,1H3,(H3,12,13);1H. The molecule has 1 aromatic carbocycles. The lowest BCUT2D eigenvalue weighted by Gasteiger charge is -2.05. The van der Waals surface area contributed by atoms with Crippen LogP contribution in [0.2, 0.25) is 0 Å². The van der Waals surface area contributed by atoms with Gasteiger partial charge < -0.3 is 10.2 Å². The summed E-state index contributed by atoms with van der Waals surface area (Å²) < 4.78 is 5.06. The summed E-state index contributed by atoms with van der Waals surface area (Å²) in [5, 5.41) is 8.12. The zero-order valence-electron chi connectivity index (χ0n) is 8.61. The van der Waals surface area contributed by atoms with Crippen molar-refractivity contribution in [3.63, 3.8) is 0 Å². The lowest BCUT2D eigenvalue weighted by Crippen LogP contribution is -2.22. The van der Waals surface area contributed by atoms with Gasteiger partial charge in [-0.15, -0.1) is 12.4 Å². The van der Waals surface area contributed by atoms with Gasteiger partial charge >= 0.3 is 5.63 Å². The van der Waals surface area contributed by atoms with Crippen molar-refractivity contribution in [3.05, 3.63) is 45.8 Å². The Balaban J connectivity index is 0.00000128. The lowest BCUT2D eigenvalue weighted by atomic mass is 10.1. The van der Waals surface area contributed by atoms with Crippen molar-refractivity contribution in [2.24, 2.45) is 5.73 Å². The number of nitrogens with one attached hydrogen (secondary N) is 1. The summed E-state index contributed by atoms with van der Waals surface area (Å²) in [6.07, 6.45) is 0. The Morgan fingerprint density at radius 1 is 1.38 bits per heavy atom. The minimum Gasteiger partial charge on any atom is -0.422 e. The first-order valence-corrected chi connectivity index (χ1v) is 4.48. The van der Waals surface area contributed by atoms with Crippen molar-refractivity contribution in [2.45, 2.75) is 6.92 Å². The molecular formula is C11H11ClN2O2. The van der Waals surface area contributed by atoms with Gasteiger partial charge in [-0.3, -0.25) is 5.41 Å². The lowest BCUT2D eigenvalue weighted by molar-refractivity contribution is 0.558. The molecule has 0 saturated heterocycles. The topological polar surface area (TPSA) is 80.1 Å². The number of fused-ring (bicyclic) bond motifs is 1. The highest BCUT2D eigenvalue weighted by Gasteiger charge is 2.12. The van der Waals surface area contributed by atoms with E-state index in [9.17, 15) is 4.79 Å². The third kappa shape index (κ3) is 1.79. The Kier molecular flexibility index (Phi) is 3.34. The molecule has 1 aromatic heterocycles. The van der Waals surface area contributed by atoms with E-state index < -0.39 is 5.63 Å². The number of para-hydroxylation sites is 1. The monoisotopic (exact) mass is 238 g/mol. The van der Waals surface area contributed by atoms with Crippen LogP contribution in [0.4, 0.5) is 0 Å². The van der Waals surface area contributed by atoms with Gasteiger partial charge in [0.1, 0.15) is 17.0 Å². The van der Waals surface area contributed by atoms with Gasteiger partial charge in [-0.1, -0.05) is 18.2 Å². The largest absolute Gasteiger partial charge is 0.422 e. The highest BCUT2D eigenvalue weighted by atomic mass is 35.5. The van der Waals surface area contributed by atoms with E-state index in [0.717, 1.165) is 5.39 Å². The first-order chi connectivity index (χ1) is 7.11. The van der Waals surface area contributed by atoms with E-state index >= 15 is 0 Å². The summed E-state index contributed by atoms with van der Waals surface area (Å²) in [5.74, 6) is -0.257. The van der Waals surface area contributed by atoms with Crippen LogP contribution < -0.4 is 11.4 Å². The van der Waals surface area contributed by atoms with Crippen molar-refractivity contribution in [1.29, 1.82) is 5.41 Å². The van der Waals surface area contributed by atoms with Gasteiger partial charge in [0.15, 0.2) is 0 Å². The van der Waals surface area contributed by atoms with Crippen LogP contribution in [0.5, 0.6) is 0 Å². The second-order valence-electron chi connectivity index (χ2n) is 3.30. The smallest absolute Gasteiger partial charge is 0.347 e. The second-order valence-corrected chi connectivity index (χ2v) is 3.30. The maximum absolute atomic E-state index is 11.5. The fourth-order valence-corrected chi connectivity index (χ4v) is 1.62. The Labute approximate surface area is 98.0 Å². The Hall–Kier alpha value is -1.81. The molecule has 16 heavy (non-hydrogen) atoms. The molecule has 0 saturated carbocycles. The molecule has 5 heteroatoms. The van der Waals surface area contributed by atoms with E-state index in [1.165, 1.54) is 0 Å². The predicted octanol–water partition coefficient (Wildman–Crippen LogP) is 1.81. The number of rotatable bonds is 1. The molecular weight excluding hydrogens is 228 g/mol. The number of benzene rings is 1. The fourth-order valence-electron chi connectivity index (χ4n) is 1.62. The Morgan fingerprint density at radius 2 is 2.00 bits per heavy atom. The molecule has 1 heterocycles. The number of hydrogen-bond donors (Lipinski definition) is 2. The van der Waals surface area contributed by atoms with E-state index in [1.807, 2.05) is 12.1 Å². The first-order valence-electron chi connectivity index (χ1n) is 4.48. The van der Waals surface area contributed by atoms with Gasteiger partial charge in [0, 0.05) is 5.39 Å². The van der Waals surface area contributed by atoms with E-state index in [4.69, 9.17) is 15.6 Å². The highest BCUT2D eigenvalue weighted by molar-refractivity contribution is 5.99.